The summed E-state index contributed by atoms with van der Waals surface area (Å²) in [6, 6.07) is 13.3. The van der Waals surface area contributed by atoms with Crippen molar-refractivity contribution in [1.29, 1.82) is 0 Å². The van der Waals surface area contributed by atoms with Crippen LogP contribution in [0.3, 0.4) is 0 Å². The molecule has 20 heavy (non-hydrogen) atoms. The number of nitrogens with zero attached hydrogens (tertiary/aromatic N) is 1. The van der Waals surface area contributed by atoms with Crippen molar-refractivity contribution in [1.82, 2.24) is 0 Å². The van der Waals surface area contributed by atoms with Crippen LogP contribution in [0.4, 0.5) is 0 Å². The van der Waals surface area contributed by atoms with Crippen molar-refractivity contribution in [3.05, 3.63) is 80.1 Å². The first-order valence-electron chi connectivity index (χ1n) is 5.60. The Balaban J connectivity index is 2.31. The monoisotopic (exact) mass is 309 g/mol. The van der Waals surface area contributed by atoms with E-state index >= 15 is 0 Å². The number of halogens is 2. The van der Waals surface area contributed by atoms with E-state index in [1.165, 1.54) is 24.3 Å². The number of hydrogen-bond donors (Lipinski definition) is 0. The van der Waals surface area contributed by atoms with E-state index in [9.17, 15) is 10.1 Å². The molecule has 2 aromatic carbocycles. The van der Waals surface area contributed by atoms with Gasteiger partial charge in [0.05, 0.1) is 6.08 Å². The number of nitro groups is 1. The minimum absolute atomic E-state index is 0.210. The van der Waals surface area contributed by atoms with E-state index in [2.05, 4.69) is 0 Å². The number of benzene rings is 2. The lowest BCUT2D eigenvalue weighted by atomic mass is 10.2. The van der Waals surface area contributed by atoms with Crippen LogP contribution in [0.1, 0.15) is 5.56 Å². The molecule has 0 amide bonds. The van der Waals surface area contributed by atoms with Crippen LogP contribution in [0.25, 0.3) is 6.08 Å². The summed E-state index contributed by atoms with van der Waals surface area (Å²) in [6.07, 6.45) is 1.33. The van der Waals surface area contributed by atoms with Crippen molar-refractivity contribution < 1.29 is 9.66 Å². The van der Waals surface area contributed by atoms with E-state index in [-0.39, 0.29) is 5.75 Å². The molecule has 2 aromatic rings. The highest BCUT2D eigenvalue weighted by Crippen LogP contribution is 2.26. The molecule has 0 saturated heterocycles. The van der Waals surface area contributed by atoms with Crippen LogP contribution in [0, 0.1) is 10.1 Å². The topological polar surface area (TPSA) is 52.4 Å². The number of rotatable bonds is 4. The highest BCUT2D eigenvalue weighted by Gasteiger charge is 2.14. The fraction of sp³-hybridized carbons (Fsp3) is 0. The van der Waals surface area contributed by atoms with Crippen LogP contribution in [0.2, 0.25) is 10.0 Å². The van der Waals surface area contributed by atoms with Gasteiger partial charge in [0.2, 0.25) is 0 Å². The maximum atomic E-state index is 11.0. The van der Waals surface area contributed by atoms with Gasteiger partial charge in [-0.15, -0.1) is 0 Å². The van der Waals surface area contributed by atoms with E-state index in [1.807, 2.05) is 6.07 Å². The third kappa shape index (κ3) is 3.98. The highest BCUT2D eigenvalue weighted by molar-refractivity contribution is 6.34. The molecule has 102 valence electrons. The summed E-state index contributed by atoms with van der Waals surface area (Å²) in [7, 11) is 0. The zero-order valence-electron chi connectivity index (χ0n) is 10.1. The summed E-state index contributed by atoms with van der Waals surface area (Å²) in [5.41, 5.74) is 0.660. The molecule has 0 N–H and O–H groups in total. The van der Waals surface area contributed by atoms with E-state index in [0.29, 0.717) is 15.6 Å². The molecule has 0 heterocycles. The SMILES string of the molecule is O=[N+]([O-])C(=Cc1ccccc1)Oc1cc(Cl)cc(Cl)c1. The van der Waals surface area contributed by atoms with Crippen LogP contribution in [-0.2, 0) is 0 Å². The van der Waals surface area contributed by atoms with Gasteiger partial charge in [-0.3, -0.25) is 10.1 Å². The second kappa shape index (κ2) is 6.41. The van der Waals surface area contributed by atoms with Gasteiger partial charge < -0.3 is 4.74 Å². The van der Waals surface area contributed by atoms with Crippen LogP contribution in [0.5, 0.6) is 5.75 Å². The first-order chi connectivity index (χ1) is 9.54. The fourth-order valence-corrected chi connectivity index (χ4v) is 2.03. The van der Waals surface area contributed by atoms with Crippen molar-refractivity contribution in [3.63, 3.8) is 0 Å². The van der Waals surface area contributed by atoms with Crippen LogP contribution < -0.4 is 4.74 Å². The Morgan fingerprint density at radius 2 is 1.70 bits per heavy atom. The molecule has 2 rings (SSSR count). The van der Waals surface area contributed by atoms with E-state index < -0.39 is 10.8 Å². The molecule has 0 aromatic heterocycles. The maximum absolute atomic E-state index is 11.0. The number of hydrogen-bond acceptors (Lipinski definition) is 3. The van der Waals surface area contributed by atoms with Gasteiger partial charge in [-0.1, -0.05) is 53.5 Å². The van der Waals surface area contributed by atoms with Gasteiger partial charge in [-0.25, -0.2) is 0 Å². The average Bonchev–Trinajstić information content (AvgIpc) is 2.38. The fourth-order valence-electron chi connectivity index (χ4n) is 1.52. The molecule has 6 heteroatoms. The molecule has 0 atom stereocenters. The summed E-state index contributed by atoms with van der Waals surface area (Å²) in [5, 5.41) is 11.7. The molecule has 0 aliphatic heterocycles. The Kier molecular flexibility index (Phi) is 4.61. The Labute approximate surface area is 125 Å². The first kappa shape index (κ1) is 14.4. The summed E-state index contributed by atoms with van der Waals surface area (Å²) < 4.78 is 5.23. The molecule has 0 radical (unpaired) electrons. The normalized spacial score (nSPS) is 11.2. The second-order valence-electron chi connectivity index (χ2n) is 3.86. The van der Waals surface area contributed by atoms with Crippen molar-refractivity contribution in [2.45, 2.75) is 0 Å². The Morgan fingerprint density at radius 1 is 1.10 bits per heavy atom. The van der Waals surface area contributed by atoms with E-state index in [1.54, 1.807) is 24.3 Å². The van der Waals surface area contributed by atoms with Crippen molar-refractivity contribution in [2.75, 3.05) is 0 Å². The van der Waals surface area contributed by atoms with Crippen LogP contribution in [-0.4, -0.2) is 4.92 Å². The number of ether oxygens (including phenoxy) is 1. The highest BCUT2D eigenvalue weighted by atomic mass is 35.5. The minimum atomic E-state index is -0.609. The van der Waals surface area contributed by atoms with Crippen molar-refractivity contribution in [2.24, 2.45) is 0 Å². The first-order valence-corrected chi connectivity index (χ1v) is 6.35. The molecule has 0 bridgehead atoms. The summed E-state index contributed by atoms with van der Waals surface area (Å²) >= 11 is 11.6. The minimum Gasteiger partial charge on any atom is -0.401 e. The van der Waals surface area contributed by atoms with E-state index in [4.69, 9.17) is 27.9 Å². The van der Waals surface area contributed by atoms with E-state index in [0.717, 1.165) is 0 Å². The largest absolute Gasteiger partial charge is 0.433 e. The van der Waals surface area contributed by atoms with Crippen LogP contribution >= 0.6 is 23.2 Å². The molecule has 0 aliphatic carbocycles. The lowest BCUT2D eigenvalue weighted by Gasteiger charge is -2.04. The maximum Gasteiger partial charge on any atom is 0.433 e. The smallest absolute Gasteiger partial charge is 0.401 e. The average molecular weight is 310 g/mol. The van der Waals surface area contributed by atoms with Gasteiger partial charge >= 0.3 is 5.88 Å². The lowest BCUT2D eigenvalue weighted by molar-refractivity contribution is -0.451. The zero-order chi connectivity index (χ0) is 14.5. The molecule has 0 fully saturated rings. The lowest BCUT2D eigenvalue weighted by Crippen LogP contribution is -2.06. The third-order valence-corrected chi connectivity index (χ3v) is 2.76. The molecule has 0 saturated carbocycles. The molecule has 4 nitrogen and oxygen atoms in total. The van der Waals surface area contributed by atoms with Crippen LogP contribution in [0.15, 0.2) is 54.4 Å². The Bertz CT molecular complexity index is 636. The van der Waals surface area contributed by atoms with Crippen molar-refractivity contribution in [3.8, 4) is 5.75 Å². The molecule has 0 spiro atoms. The predicted molar refractivity (Wildman–Crippen MR) is 78.5 cm³/mol. The Hall–Kier alpha value is -2.04. The standard InChI is InChI=1S/C14H9Cl2NO3/c15-11-7-12(16)9-13(8-11)20-14(17(18)19)6-10-4-2-1-3-5-10/h1-9H. The quantitative estimate of drug-likeness (QED) is 0.469. The molecule has 0 unspecified atom stereocenters. The third-order valence-electron chi connectivity index (χ3n) is 2.33. The Morgan fingerprint density at radius 3 is 2.25 bits per heavy atom. The predicted octanol–water partition coefficient (Wildman–Crippen LogP) is 4.65. The summed E-state index contributed by atoms with van der Waals surface area (Å²) in [5.74, 6) is -0.198. The van der Waals surface area contributed by atoms with Gasteiger partial charge in [-0.05, 0) is 23.8 Å². The summed E-state index contributed by atoms with van der Waals surface area (Å²) in [4.78, 5) is 10.4. The van der Waals surface area contributed by atoms with Gasteiger partial charge in [0.25, 0.3) is 0 Å². The van der Waals surface area contributed by atoms with Gasteiger partial charge in [0.15, 0.2) is 0 Å². The molecular weight excluding hydrogens is 301 g/mol. The molecule has 0 aliphatic rings. The van der Waals surface area contributed by atoms with Gasteiger partial charge in [0.1, 0.15) is 10.7 Å². The van der Waals surface area contributed by atoms with Gasteiger partial charge in [-0.2, -0.15) is 0 Å². The van der Waals surface area contributed by atoms with Crippen molar-refractivity contribution >= 4 is 29.3 Å². The second-order valence-corrected chi connectivity index (χ2v) is 4.73. The molecular formula is C14H9Cl2NO3. The summed E-state index contributed by atoms with van der Waals surface area (Å²) in [6.45, 7) is 0. The zero-order valence-corrected chi connectivity index (χ0v) is 11.6. The van der Waals surface area contributed by atoms with Gasteiger partial charge in [0, 0.05) is 10.0 Å².